The average molecular weight is 179 g/mol. The van der Waals surface area contributed by atoms with Crippen LogP contribution in [0, 0.1) is 5.92 Å². The first-order valence-corrected chi connectivity index (χ1v) is 5.25. The maximum atomic E-state index is 2.42. The molecule has 1 nitrogen and oxygen atoms in total. The fourth-order valence-electron chi connectivity index (χ4n) is 2.00. The van der Waals surface area contributed by atoms with Crippen LogP contribution in [0.3, 0.4) is 0 Å². The highest BCUT2D eigenvalue weighted by Crippen LogP contribution is 2.24. The lowest BCUT2D eigenvalue weighted by Crippen LogP contribution is -2.30. The molecule has 0 aromatic carbocycles. The standard InChI is InChI=1S/C12H21N/c1-4-6-11(5-2)12-7-9-13(3)10-8-12/h4-6,12H,7-10H2,1-3H3/b6-4-,11-5+. The highest BCUT2D eigenvalue weighted by molar-refractivity contribution is 5.21. The Kier molecular flexibility index (Phi) is 4.23. The van der Waals surface area contributed by atoms with E-state index in [-0.39, 0.29) is 0 Å². The molecule has 0 bridgehead atoms. The molecule has 1 heterocycles. The summed E-state index contributed by atoms with van der Waals surface area (Å²) in [6.07, 6.45) is 9.31. The van der Waals surface area contributed by atoms with Crippen LogP contribution >= 0.6 is 0 Å². The summed E-state index contributed by atoms with van der Waals surface area (Å²) in [7, 11) is 2.21. The lowest BCUT2D eigenvalue weighted by Gasteiger charge is -2.29. The predicted molar refractivity (Wildman–Crippen MR) is 58.8 cm³/mol. The lowest BCUT2D eigenvalue weighted by molar-refractivity contribution is 0.240. The third-order valence-corrected chi connectivity index (χ3v) is 2.88. The van der Waals surface area contributed by atoms with Crippen LogP contribution in [0.15, 0.2) is 23.8 Å². The van der Waals surface area contributed by atoms with E-state index >= 15 is 0 Å². The summed E-state index contributed by atoms with van der Waals surface area (Å²) in [5.41, 5.74) is 1.52. The van der Waals surface area contributed by atoms with Gasteiger partial charge in [-0.1, -0.05) is 18.2 Å². The van der Waals surface area contributed by atoms with Crippen molar-refractivity contribution in [2.75, 3.05) is 20.1 Å². The number of hydrogen-bond donors (Lipinski definition) is 0. The summed E-state index contributed by atoms with van der Waals surface area (Å²) in [6.45, 7) is 6.74. The second-order valence-corrected chi connectivity index (χ2v) is 3.87. The lowest BCUT2D eigenvalue weighted by atomic mass is 9.89. The Balaban J connectivity index is 2.52. The van der Waals surface area contributed by atoms with Gasteiger partial charge in [0.2, 0.25) is 0 Å². The molecule has 0 saturated carbocycles. The van der Waals surface area contributed by atoms with Crippen LogP contribution in [0.25, 0.3) is 0 Å². The predicted octanol–water partition coefficient (Wildman–Crippen LogP) is 2.85. The fraction of sp³-hybridized carbons (Fsp3) is 0.667. The van der Waals surface area contributed by atoms with E-state index in [4.69, 9.17) is 0 Å². The van der Waals surface area contributed by atoms with Crippen LogP contribution in [-0.4, -0.2) is 25.0 Å². The van der Waals surface area contributed by atoms with Gasteiger partial charge in [-0.15, -0.1) is 0 Å². The number of rotatable bonds is 2. The molecule has 0 amide bonds. The molecule has 0 atom stereocenters. The first kappa shape index (κ1) is 10.5. The van der Waals surface area contributed by atoms with Gasteiger partial charge in [-0.2, -0.15) is 0 Å². The van der Waals surface area contributed by atoms with Crippen molar-refractivity contribution in [1.82, 2.24) is 4.90 Å². The first-order chi connectivity index (χ1) is 6.27. The van der Waals surface area contributed by atoms with E-state index in [9.17, 15) is 0 Å². The molecule has 0 aromatic heterocycles. The van der Waals surface area contributed by atoms with Crippen LogP contribution in [0.5, 0.6) is 0 Å². The molecule has 74 valence electrons. The highest BCUT2D eigenvalue weighted by Gasteiger charge is 2.17. The maximum absolute atomic E-state index is 2.42. The van der Waals surface area contributed by atoms with Crippen molar-refractivity contribution in [2.45, 2.75) is 26.7 Å². The van der Waals surface area contributed by atoms with Crippen LogP contribution < -0.4 is 0 Å². The molecule has 13 heavy (non-hydrogen) atoms. The molecule has 1 rings (SSSR count). The Hall–Kier alpha value is -0.560. The minimum absolute atomic E-state index is 0.803. The molecule has 0 N–H and O–H groups in total. The van der Waals surface area contributed by atoms with Crippen molar-refractivity contribution in [3.8, 4) is 0 Å². The molecule has 1 saturated heterocycles. The van der Waals surface area contributed by atoms with E-state index in [1.165, 1.54) is 31.5 Å². The van der Waals surface area contributed by atoms with Gasteiger partial charge in [0.15, 0.2) is 0 Å². The zero-order valence-electron chi connectivity index (χ0n) is 9.09. The van der Waals surface area contributed by atoms with Gasteiger partial charge >= 0.3 is 0 Å². The van der Waals surface area contributed by atoms with Gasteiger partial charge in [0.25, 0.3) is 0 Å². The molecule has 0 aliphatic carbocycles. The van der Waals surface area contributed by atoms with Gasteiger partial charge in [-0.3, -0.25) is 0 Å². The summed E-state index contributed by atoms with van der Waals surface area (Å²) in [5, 5.41) is 0. The van der Waals surface area contributed by atoms with Gasteiger partial charge in [0, 0.05) is 0 Å². The molecular weight excluding hydrogens is 158 g/mol. The molecule has 0 spiro atoms. The van der Waals surface area contributed by atoms with E-state index in [0.29, 0.717) is 0 Å². The van der Waals surface area contributed by atoms with Crippen LogP contribution in [0.2, 0.25) is 0 Å². The van der Waals surface area contributed by atoms with Crippen LogP contribution in [0.1, 0.15) is 26.7 Å². The number of allylic oxidation sites excluding steroid dienone is 4. The molecule has 1 aliphatic heterocycles. The Morgan fingerprint density at radius 2 is 1.85 bits per heavy atom. The smallest absolute Gasteiger partial charge is 0.00159 e. The average Bonchev–Trinajstić information content (AvgIpc) is 2.16. The van der Waals surface area contributed by atoms with Crippen molar-refractivity contribution >= 4 is 0 Å². The van der Waals surface area contributed by atoms with Gasteiger partial charge in [0.05, 0.1) is 0 Å². The second kappa shape index (κ2) is 5.23. The monoisotopic (exact) mass is 179 g/mol. The number of piperidine rings is 1. The van der Waals surface area contributed by atoms with Crippen LogP contribution in [0.4, 0.5) is 0 Å². The number of hydrogen-bond acceptors (Lipinski definition) is 1. The van der Waals surface area contributed by atoms with Crippen molar-refractivity contribution in [2.24, 2.45) is 5.92 Å². The van der Waals surface area contributed by atoms with E-state index in [1.807, 2.05) is 0 Å². The molecule has 0 aromatic rings. The molecule has 1 aliphatic rings. The molecule has 1 fully saturated rings. The zero-order valence-corrected chi connectivity index (χ0v) is 9.09. The largest absolute Gasteiger partial charge is 0.306 e. The Bertz CT molecular complexity index is 195. The minimum atomic E-state index is 0.803. The van der Waals surface area contributed by atoms with Crippen molar-refractivity contribution in [3.63, 3.8) is 0 Å². The van der Waals surface area contributed by atoms with Crippen molar-refractivity contribution in [1.29, 1.82) is 0 Å². The normalized spacial score (nSPS) is 22.8. The van der Waals surface area contributed by atoms with E-state index < -0.39 is 0 Å². The van der Waals surface area contributed by atoms with Crippen molar-refractivity contribution in [3.05, 3.63) is 23.8 Å². The topological polar surface area (TPSA) is 3.24 Å². The van der Waals surface area contributed by atoms with Gasteiger partial charge in [0.1, 0.15) is 0 Å². The Labute approximate surface area is 82.1 Å². The molecule has 0 radical (unpaired) electrons. The molecule has 1 heteroatoms. The van der Waals surface area contributed by atoms with E-state index in [1.54, 1.807) is 0 Å². The quantitative estimate of drug-likeness (QED) is 0.589. The second-order valence-electron chi connectivity index (χ2n) is 3.87. The first-order valence-electron chi connectivity index (χ1n) is 5.25. The molecular formula is C12H21N. The number of likely N-dealkylation sites (tertiary alicyclic amines) is 1. The van der Waals surface area contributed by atoms with Crippen molar-refractivity contribution < 1.29 is 0 Å². The number of nitrogens with zero attached hydrogens (tertiary/aromatic N) is 1. The molecule has 0 unspecified atom stereocenters. The van der Waals surface area contributed by atoms with Crippen LogP contribution in [-0.2, 0) is 0 Å². The summed E-state index contributed by atoms with van der Waals surface area (Å²) >= 11 is 0. The third kappa shape index (κ3) is 3.00. The Morgan fingerprint density at radius 3 is 2.31 bits per heavy atom. The van der Waals surface area contributed by atoms with Gasteiger partial charge in [-0.05, 0) is 58.3 Å². The fourth-order valence-corrected chi connectivity index (χ4v) is 2.00. The summed E-state index contributed by atoms with van der Waals surface area (Å²) < 4.78 is 0. The zero-order chi connectivity index (χ0) is 9.68. The summed E-state index contributed by atoms with van der Waals surface area (Å²) in [5.74, 6) is 0.803. The van der Waals surface area contributed by atoms with Gasteiger partial charge in [-0.25, -0.2) is 0 Å². The third-order valence-electron chi connectivity index (χ3n) is 2.88. The SMILES string of the molecule is C/C=C\C(=C/C)C1CCN(C)CC1. The highest BCUT2D eigenvalue weighted by atomic mass is 15.1. The maximum Gasteiger partial charge on any atom is -0.00159 e. The van der Waals surface area contributed by atoms with E-state index in [2.05, 4.69) is 44.0 Å². The minimum Gasteiger partial charge on any atom is -0.306 e. The summed E-state index contributed by atoms with van der Waals surface area (Å²) in [4.78, 5) is 2.42. The van der Waals surface area contributed by atoms with Gasteiger partial charge < -0.3 is 4.90 Å². The van der Waals surface area contributed by atoms with E-state index in [0.717, 1.165) is 5.92 Å². The Morgan fingerprint density at radius 1 is 1.23 bits per heavy atom. The summed E-state index contributed by atoms with van der Waals surface area (Å²) in [6, 6.07) is 0.